The summed E-state index contributed by atoms with van der Waals surface area (Å²) in [7, 11) is 2.07. The molecule has 0 bridgehead atoms. The number of likely N-dealkylation sites (N-methyl/N-ethyl adjacent to an activating group) is 1. The van der Waals surface area contributed by atoms with Crippen molar-refractivity contribution in [2.45, 2.75) is 90.8 Å². The van der Waals surface area contributed by atoms with Gasteiger partial charge in [0.15, 0.2) is 0 Å². The first kappa shape index (κ1) is 17.3. The van der Waals surface area contributed by atoms with Crippen LogP contribution in [-0.2, 0) is 4.74 Å². The highest BCUT2D eigenvalue weighted by atomic mass is 16.5. The lowest BCUT2D eigenvalue weighted by Gasteiger charge is -2.45. The van der Waals surface area contributed by atoms with Crippen LogP contribution >= 0.6 is 0 Å². The molecule has 1 N–H and O–H groups in total. The molecule has 2 nitrogen and oxygen atoms in total. The Morgan fingerprint density at radius 2 is 1.57 bits per heavy atom. The molecule has 0 atom stereocenters. The lowest BCUT2D eigenvalue weighted by molar-refractivity contribution is -0.135. The molecule has 2 rings (SSSR count). The molecule has 21 heavy (non-hydrogen) atoms. The molecule has 0 saturated heterocycles. The molecule has 2 heteroatoms. The van der Waals surface area contributed by atoms with E-state index < -0.39 is 0 Å². The van der Waals surface area contributed by atoms with E-state index in [2.05, 4.69) is 40.1 Å². The zero-order valence-corrected chi connectivity index (χ0v) is 15.0. The zero-order valence-electron chi connectivity index (χ0n) is 15.0. The van der Waals surface area contributed by atoms with Gasteiger partial charge in [-0.2, -0.15) is 0 Å². The summed E-state index contributed by atoms with van der Waals surface area (Å²) in [6.45, 7) is 10.6. The number of rotatable bonds is 5. The van der Waals surface area contributed by atoms with E-state index in [9.17, 15) is 0 Å². The Bertz CT molecular complexity index is 306. The Labute approximate surface area is 132 Å². The second-order valence-corrected chi connectivity index (χ2v) is 8.78. The van der Waals surface area contributed by atoms with E-state index >= 15 is 0 Å². The molecule has 0 amide bonds. The van der Waals surface area contributed by atoms with Gasteiger partial charge >= 0.3 is 0 Å². The summed E-state index contributed by atoms with van der Waals surface area (Å²) in [6, 6.07) is 0. The second kappa shape index (κ2) is 7.00. The van der Waals surface area contributed by atoms with Gasteiger partial charge in [-0.25, -0.2) is 0 Å². The van der Waals surface area contributed by atoms with Gasteiger partial charge in [-0.1, -0.05) is 27.7 Å². The van der Waals surface area contributed by atoms with E-state index in [1.54, 1.807) is 0 Å². The van der Waals surface area contributed by atoms with Crippen LogP contribution in [-0.4, -0.2) is 25.3 Å². The van der Waals surface area contributed by atoms with E-state index in [0.29, 0.717) is 11.5 Å². The van der Waals surface area contributed by atoms with Crippen molar-refractivity contribution in [3.8, 4) is 0 Å². The Balaban J connectivity index is 1.91. The summed E-state index contributed by atoms with van der Waals surface area (Å²) in [5.74, 6) is 1.73. The molecular formula is C19H37NO. The number of nitrogens with one attached hydrogen (secondary N) is 1. The normalized spacial score (nSPS) is 34.3. The van der Waals surface area contributed by atoms with Crippen LogP contribution in [0, 0.1) is 17.3 Å². The summed E-state index contributed by atoms with van der Waals surface area (Å²) in [4.78, 5) is 0. The van der Waals surface area contributed by atoms with Crippen molar-refractivity contribution in [2.24, 2.45) is 17.3 Å². The molecule has 0 aromatic rings. The van der Waals surface area contributed by atoms with Crippen molar-refractivity contribution < 1.29 is 4.74 Å². The quantitative estimate of drug-likeness (QED) is 0.788. The molecule has 2 aliphatic carbocycles. The number of hydrogen-bond donors (Lipinski definition) is 1. The van der Waals surface area contributed by atoms with Crippen LogP contribution in [0.4, 0.5) is 0 Å². The Morgan fingerprint density at radius 1 is 1.00 bits per heavy atom. The SMILES string of the molecule is CNCC1(OC2CCC(C)(C)CC2)CCC(C(C)C)CC1. The van der Waals surface area contributed by atoms with Crippen LogP contribution in [0.15, 0.2) is 0 Å². The zero-order chi connectivity index (χ0) is 15.5. The van der Waals surface area contributed by atoms with Gasteiger partial charge in [0.1, 0.15) is 0 Å². The summed E-state index contributed by atoms with van der Waals surface area (Å²) in [6.07, 6.45) is 10.8. The van der Waals surface area contributed by atoms with Gasteiger partial charge in [0, 0.05) is 6.54 Å². The Morgan fingerprint density at radius 3 is 2.05 bits per heavy atom. The molecule has 2 fully saturated rings. The highest BCUT2D eigenvalue weighted by molar-refractivity contribution is 4.92. The van der Waals surface area contributed by atoms with Gasteiger partial charge < -0.3 is 10.1 Å². The maximum Gasteiger partial charge on any atom is 0.0810 e. The molecule has 0 aliphatic heterocycles. The maximum absolute atomic E-state index is 6.72. The number of ether oxygens (including phenoxy) is 1. The molecular weight excluding hydrogens is 258 g/mol. The first-order valence-corrected chi connectivity index (χ1v) is 9.18. The fraction of sp³-hybridized carbons (Fsp3) is 1.00. The fourth-order valence-corrected chi connectivity index (χ4v) is 4.34. The van der Waals surface area contributed by atoms with Gasteiger partial charge in [-0.05, 0) is 75.7 Å². The van der Waals surface area contributed by atoms with Crippen LogP contribution in [0.3, 0.4) is 0 Å². The molecule has 2 aliphatic rings. The summed E-state index contributed by atoms with van der Waals surface area (Å²) >= 11 is 0. The minimum Gasteiger partial charge on any atom is -0.370 e. The monoisotopic (exact) mass is 295 g/mol. The van der Waals surface area contributed by atoms with Crippen molar-refractivity contribution >= 4 is 0 Å². The van der Waals surface area contributed by atoms with Crippen LogP contribution in [0.5, 0.6) is 0 Å². The van der Waals surface area contributed by atoms with Gasteiger partial charge in [0.2, 0.25) is 0 Å². The summed E-state index contributed by atoms with van der Waals surface area (Å²) in [5.41, 5.74) is 0.650. The first-order valence-electron chi connectivity index (χ1n) is 9.18. The van der Waals surface area contributed by atoms with Crippen LogP contribution in [0.1, 0.15) is 79.1 Å². The standard InChI is InChI=1S/C19H37NO/c1-15(2)16-6-12-19(13-7-16,14-20-5)21-17-8-10-18(3,4)11-9-17/h15-17,20H,6-14H2,1-5H3. The summed E-state index contributed by atoms with van der Waals surface area (Å²) < 4.78 is 6.72. The molecule has 0 aromatic carbocycles. The smallest absolute Gasteiger partial charge is 0.0810 e. The molecule has 2 saturated carbocycles. The van der Waals surface area contributed by atoms with Gasteiger partial charge in [-0.3, -0.25) is 0 Å². The van der Waals surface area contributed by atoms with Crippen molar-refractivity contribution in [3.63, 3.8) is 0 Å². The highest BCUT2D eigenvalue weighted by Gasteiger charge is 2.39. The lowest BCUT2D eigenvalue weighted by atomic mass is 9.73. The van der Waals surface area contributed by atoms with E-state index in [0.717, 1.165) is 18.4 Å². The van der Waals surface area contributed by atoms with Crippen molar-refractivity contribution in [1.82, 2.24) is 5.32 Å². The van der Waals surface area contributed by atoms with Gasteiger partial charge in [0.25, 0.3) is 0 Å². The lowest BCUT2D eigenvalue weighted by Crippen LogP contribution is -2.48. The Kier molecular flexibility index (Phi) is 5.76. The molecule has 124 valence electrons. The van der Waals surface area contributed by atoms with Gasteiger partial charge in [0.05, 0.1) is 11.7 Å². The molecule has 0 spiro atoms. The minimum atomic E-state index is 0.117. The highest BCUT2D eigenvalue weighted by Crippen LogP contribution is 2.42. The van der Waals surface area contributed by atoms with Crippen LogP contribution in [0.2, 0.25) is 0 Å². The third-order valence-corrected chi connectivity index (χ3v) is 6.09. The van der Waals surface area contributed by atoms with E-state index in [1.165, 1.54) is 51.4 Å². The predicted octanol–water partition coefficient (Wildman–Crippen LogP) is 4.78. The molecule has 0 heterocycles. The first-order chi connectivity index (χ1) is 9.86. The third-order valence-electron chi connectivity index (χ3n) is 6.09. The molecule has 0 aromatic heterocycles. The van der Waals surface area contributed by atoms with Crippen LogP contribution < -0.4 is 5.32 Å². The average molecular weight is 296 g/mol. The number of hydrogen-bond acceptors (Lipinski definition) is 2. The van der Waals surface area contributed by atoms with E-state index in [4.69, 9.17) is 4.74 Å². The summed E-state index contributed by atoms with van der Waals surface area (Å²) in [5, 5.41) is 3.40. The van der Waals surface area contributed by atoms with Crippen molar-refractivity contribution in [1.29, 1.82) is 0 Å². The average Bonchev–Trinajstić information content (AvgIpc) is 2.42. The maximum atomic E-state index is 6.72. The van der Waals surface area contributed by atoms with Crippen LogP contribution in [0.25, 0.3) is 0 Å². The van der Waals surface area contributed by atoms with E-state index in [-0.39, 0.29) is 5.60 Å². The Hall–Kier alpha value is -0.0800. The second-order valence-electron chi connectivity index (χ2n) is 8.78. The van der Waals surface area contributed by atoms with Gasteiger partial charge in [-0.15, -0.1) is 0 Å². The molecule has 0 unspecified atom stereocenters. The predicted molar refractivity (Wildman–Crippen MR) is 90.6 cm³/mol. The van der Waals surface area contributed by atoms with Crippen molar-refractivity contribution in [3.05, 3.63) is 0 Å². The molecule has 0 radical (unpaired) electrons. The topological polar surface area (TPSA) is 21.3 Å². The van der Waals surface area contributed by atoms with Crippen molar-refractivity contribution in [2.75, 3.05) is 13.6 Å². The third kappa shape index (κ3) is 4.69. The van der Waals surface area contributed by atoms with E-state index in [1.807, 2.05) is 0 Å². The minimum absolute atomic E-state index is 0.117. The largest absolute Gasteiger partial charge is 0.370 e. The fourth-order valence-electron chi connectivity index (χ4n) is 4.34.